The highest BCUT2D eigenvalue weighted by molar-refractivity contribution is 7.92. The van der Waals surface area contributed by atoms with E-state index >= 15 is 0 Å². The van der Waals surface area contributed by atoms with Gasteiger partial charge in [-0.15, -0.1) is 0 Å². The van der Waals surface area contributed by atoms with Crippen molar-refractivity contribution in [3.63, 3.8) is 0 Å². The number of carbonyl (C=O) groups is 1. The van der Waals surface area contributed by atoms with Gasteiger partial charge in [0.2, 0.25) is 15.9 Å². The van der Waals surface area contributed by atoms with E-state index in [0.717, 1.165) is 10.6 Å². The van der Waals surface area contributed by atoms with Gasteiger partial charge >= 0.3 is 0 Å². The van der Waals surface area contributed by atoms with Crippen LogP contribution >= 0.6 is 0 Å². The highest BCUT2D eigenvalue weighted by Gasteiger charge is 2.19. The number of methoxy groups -OCH3 is 1. The molecule has 0 spiro atoms. The van der Waals surface area contributed by atoms with Gasteiger partial charge in [0, 0.05) is 0 Å². The third-order valence-electron chi connectivity index (χ3n) is 2.06. The number of nitrogens with two attached hydrogens (primary N) is 1. The summed E-state index contributed by atoms with van der Waals surface area (Å²) in [5.41, 5.74) is 5.38. The lowest BCUT2D eigenvalue weighted by Gasteiger charge is -2.20. The van der Waals surface area contributed by atoms with Crippen LogP contribution in [-0.4, -0.2) is 34.2 Å². The fourth-order valence-electron chi connectivity index (χ4n) is 1.29. The van der Waals surface area contributed by atoms with E-state index in [4.69, 9.17) is 10.5 Å². The van der Waals surface area contributed by atoms with Crippen molar-refractivity contribution in [2.45, 2.75) is 0 Å². The molecule has 0 saturated heterocycles. The first-order valence-corrected chi connectivity index (χ1v) is 6.59. The number of nitrogens with zero attached hydrogens (tertiary/aromatic N) is 1. The first-order valence-electron chi connectivity index (χ1n) is 4.74. The number of benzene rings is 1. The number of hydrogen-bond donors (Lipinski definition) is 1. The van der Waals surface area contributed by atoms with Gasteiger partial charge in [-0.05, 0) is 24.3 Å². The number of ether oxygens (including phenoxy) is 1. The fraction of sp³-hybridized carbons (Fsp3) is 0.300. The summed E-state index contributed by atoms with van der Waals surface area (Å²) in [6.45, 7) is -0.384. The van der Waals surface area contributed by atoms with Crippen molar-refractivity contribution in [2.75, 3.05) is 24.2 Å². The van der Waals surface area contributed by atoms with Crippen LogP contribution in [0.2, 0.25) is 0 Å². The molecule has 1 aromatic rings. The number of hydrogen-bond acceptors (Lipinski definition) is 4. The molecule has 0 aliphatic heterocycles. The van der Waals surface area contributed by atoms with Crippen LogP contribution in [0.1, 0.15) is 0 Å². The number of rotatable bonds is 5. The van der Waals surface area contributed by atoms with E-state index < -0.39 is 15.9 Å². The van der Waals surface area contributed by atoms with Crippen molar-refractivity contribution in [1.29, 1.82) is 0 Å². The molecule has 1 amide bonds. The molecule has 0 fully saturated rings. The largest absolute Gasteiger partial charge is 0.497 e. The normalized spacial score (nSPS) is 10.9. The Hall–Kier alpha value is -1.76. The number of carbonyl (C=O) groups excluding carboxylic acids is 1. The molecule has 0 heterocycles. The fourth-order valence-corrected chi connectivity index (χ4v) is 2.16. The van der Waals surface area contributed by atoms with E-state index in [1.807, 2.05) is 0 Å². The van der Waals surface area contributed by atoms with E-state index in [1.54, 1.807) is 24.3 Å². The summed E-state index contributed by atoms with van der Waals surface area (Å²) >= 11 is 0. The number of amides is 1. The molecule has 0 aliphatic carbocycles. The smallest absolute Gasteiger partial charge is 0.238 e. The van der Waals surface area contributed by atoms with Crippen molar-refractivity contribution >= 4 is 21.6 Å². The van der Waals surface area contributed by atoms with Crippen molar-refractivity contribution in [2.24, 2.45) is 5.73 Å². The van der Waals surface area contributed by atoms with Crippen LogP contribution in [0.15, 0.2) is 24.3 Å². The van der Waals surface area contributed by atoms with Gasteiger partial charge in [0.15, 0.2) is 0 Å². The van der Waals surface area contributed by atoms with Crippen molar-refractivity contribution in [3.8, 4) is 5.75 Å². The Morgan fingerprint density at radius 3 is 2.24 bits per heavy atom. The summed E-state index contributed by atoms with van der Waals surface area (Å²) in [5, 5.41) is 0. The van der Waals surface area contributed by atoms with Gasteiger partial charge in [-0.1, -0.05) is 0 Å². The number of anilines is 1. The van der Waals surface area contributed by atoms with Crippen molar-refractivity contribution in [3.05, 3.63) is 24.3 Å². The molecule has 2 N–H and O–H groups in total. The van der Waals surface area contributed by atoms with Crippen LogP contribution in [0, 0.1) is 0 Å². The summed E-state index contributed by atoms with van der Waals surface area (Å²) in [6, 6.07) is 6.30. The maximum atomic E-state index is 11.5. The van der Waals surface area contributed by atoms with E-state index in [-0.39, 0.29) is 6.54 Å². The van der Waals surface area contributed by atoms with Gasteiger partial charge < -0.3 is 10.5 Å². The molecule has 0 unspecified atom stereocenters. The molecule has 0 aliphatic rings. The Morgan fingerprint density at radius 1 is 1.35 bits per heavy atom. The molecule has 0 saturated carbocycles. The molecule has 1 aromatic carbocycles. The second-order valence-electron chi connectivity index (χ2n) is 3.43. The summed E-state index contributed by atoms with van der Waals surface area (Å²) < 4.78 is 28.9. The van der Waals surface area contributed by atoms with Crippen LogP contribution in [-0.2, 0) is 14.8 Å². The minimum Gasteiger partial charge on any atom is -0.497 e. The lowest BCUT2D eigenvalue weighted by molar-refractivity contribution is -0.116. The molecule has 0 bridgehead atoms. The van der Waals surface area contributed by atoms with Crippen molar-refractivity contribution < 1.29 is 17.9 Å². The van der Waals surface area contributed by atoms with Crippen molar-refractivity contribution in [1.82, 2.24) is 0 Å². The van der Waals surface area contributed by atoms with E-state index in [0.29, 0.717) is 11.4 Å². The van der Waals surface area contributed by atoms with Gasteiger partial charge in [-0.3, -0.25) is 9.10 Å². The van der Waals surface area contributed by atoms with Gasteiger partial charge in [0.25, 0.3) is 0 Å². The first-order chi connectivity index (χ1) is 7.84. The monoisotopic (exact) mass is 258 g/mol. The average Bonchev–Trinajstić information content (AvgIpc) is 2.24. The lowest BCUT2D eigenvalue weighted by Crippen LogP contribution is -2.37. The molecule has 94 valence electrons. The average molecular weight is 258 g/mol. The molecule has 1 rings (SSSR count). The molecule has 17 heavy (non-hydrogen) atoms. The predicted molar refractivity (Wildman–Crippen MR) is 64.4 cm³/mol. The lowest BCUT2D eigenvalue weighted by atomic mass is 10.3. The SMILES string of the molecule is COc1ccc(N(CC(N)=O)S(C)(=O)=O)cc1. The summed E-state index contributed by atoms with van der Waals surface area (Å²) in [5.74, 6) is -0.118. The van der Waals surface area contributed by atoms with Gasteiger partial charge in [-0.25, -0.2) is 8.42 Å². The maximum Gasteiger partial charge on any atom is 0.238 e. The van der Waals surface area contributed by atoms with Crippen LogP contribution < -0.4 is 14.8 Å². The molecule has 0 radical (unpaired) electrons. The summed E-state index contributed by atoms with van der Waals surface area (Å²) in [7, 11) is -2.03. The summed E-state index contributed by atoms with van der Waals surface area (Å²) in [6.07, 6.45) is 1.01. The third-order valence-corrected chi connectivity index (χ3v) is 3.20. The van der Waals surface area contributed by atoms with E-state index in [1.165, 1.54) is 7.11 Å². The minimum atomic E-state index is -3.54. The van der Waals surface area contributed by atoms with Gasteiger partial charge in [-0.2, -0.15) is 0 Å². The molecular formula is C10H14N2O4S. The van der Waals surface area contributed by atoms with Crippen LogP contribution in [0.3, 0.4) is 0 Å². The predicted octanol–water partition coefficient (Wildman–Crippen LogP) is -0.0535. The Kier molecular flexibility index (Phi) is 3.95. The Morgan fingerprint density at radius 2 is 1.88 bits per heavy atom. The van der Waals surface area contributed by atoms with Crippen LogP contribution in [0.25, 0.3) is 0 Å². The Labute approximate surface area is 100 Å². The minimum absolute atomic E-state index is 0.368. The molecule has 0 atom stereocenters. The highest BCUT2D eigenvalue weighted by atomic mass is 32.2. The van der Waals surface area contributed by atoms with Crippen LogP contribution in [0.4, 0.5) is 5.69 Å². The quantitative estimate of drug-likeness (QED) is 0.801. The second kappa shape index (κ2) is 5.05. The molecule has 0 aromatic heterocycles. The van der Waals surface area contributed by atoms with Gasteiger partial charge in [0.1, 0.15) is 12.3 Å². The van der Waals surface area contributed by atoms with Crippen LogP contribution in [0.5, 0.6) is 5.75 Å². The maximum absolute atomic E-state index is 11.5. The third kappa shape index (κ3) is 3.63. The zero-order valence-electron chi connectivity index (χ0n) is 9.58. The highest BCUT2D eigenvalue weighted by Crippen LogP contribution is 2.20. The standard InChI is InChI=1S/C10H14N2O4S/c1-16-9-5-3-8(4-6-9)12(7-10(11)13)17(2,14)15/h3-6H,7H2,1-2H3,(H2,11,13). The van der Waals surface area contributed by atoms with Gasteiger partial charge in [0.05, 0.1) is 19.1 Å². The summed E-state index contributed by atoms with van der Waals surface area (Å²) in [4.78, 5) is 10.8. The number of primary amides is 1. The molecular weight excluding hydrogens is 244 g/mol. The second-order valence-corrected chi connectivity index (χ2v) is 5.34. The number of sulfonamides is 1. The first kappa shape index (κ1) is 13.3. The topological polar surface area (TPSA) is 89.7 Å². The molecule has 6 nitrogen and oxygen atoms in total. The zero-order valence-corrected chi connectivity index (χ0v) is 10.4. The Bertz CT molecular complexity index is 496. The van der Waals surface area contributed by atoms with E-state index in [2.05, 4.69) is 0 Å². The van der Waals surface area contributed by atoms with E-state index in [9.17, 15) is 13.2 Å². The zero-order chi connectivity index (χ0) is 13.1. The Balaban J connectivity index is 3.09. The molecule has 7 heteroatoms.